The third-order valence-corrected chi connectivity index (χ3v) is 2.06. The number of halogens is 3. The lowest BCUT2D eigenvalue weighted by Gasteiger charge is -2.04. The zero-order valence-electron chi connectivity index (χ0n) is 6.80. The highest BCUT2D eigenvalue weighted by molar-refractivity contribution is 6.31. The van der Waals surface area contributed by atoms with Gasteiger partial charge >= 0.3 is 0 Å². The zero-order chi connectivity index (χ0) is 9.84. The summed E-state index contributed by atoms with van der Waals surface area (Å²) in [5, 5.41) is 8.90. The number of aliphatic hydroxyl groups excluding tert-OH is 1. The Kier molecular flexibility index (Phi) is 3.63. The van der Waals surface area contributed by atoms with Crippen molar-refractivity contribution in [2.75, 3.05) is 6.61 Å². The van der Waals surface area contributed by atoms with Crippen molar-refractivity contribution in [3.05, 3.63) is 34.3 Å². The van der Waals surface area contributed by atoms with Crippen molar-refractivity contribution in [1.29, 1.82) is 0 Å². The monoisotopic (exact) mass is 206 g/mol. The molecule has 0 amide bonds. The molecule has 1 aromatic rings. The highest BCUT2D eigenvalue weighted by atomic mass is 35.5. The standard InChI is InChI=1S/C9H9ClF2O/c10-8-5-7(9(11)12)2-1-6(8)3-4-13/h1-2,5,9,13H,3-4H2. The summed E-state index contributed by atoms with van der Waals surface area (Å²) in [7, 11) is 0. The van der Waals surface area contributed by atoms with E-state index in [1.54, 1.807) is 0 Å². The molecule has 0 radical (unpaired) electrons. The molecule has 4 heteroatoms. The molecule has 0 aliphatic carbocycles. The van der Waals surface area contributed by atoms with Crippen molar-refractivity contribution < 1.29 is 13.9 Å². The van der Waals surface area contributed by atoms with Crippen molar-refractivity contribution in [3.8, 4) is 0 Å². The summed E-state index contributed by atoms with van der Waals surface area (Å²) < 4.78 is 24.3. The molecule has 0 bridgehead atoms. The van der Waals surface area contributed by atoms with Gasteiger partial charge in [0.1, 0.15) is 0 Å². The Labute approximate surface area is 80.0 Å². The molecule has 1 N–H and O–H groups in total. The van der Waals surface area contributed by atoms with Gasteiger partial charge in [-0.2, -0.15) is 0 Å². The molecule has 0 atom stereocenters. The minimum absolute atomic E-state index is 0.0340. The molecule has 0 unspecified atom stereocenters. The minimum atomic E-state index is -2.50. The second-order valence-corrected chi connectivity index (χ2v) is 3.03. The summed E-state index contributed by atoms with van der Waals surface area (Å²) in [6.07, 6.45) is -2.11. The van der Waals surface area contributed by atoms with Gasteiger partial charge in [-0.25, -0.2) is 8.78 Å². The molecule has 0 saturated heterocycles. The molecule has 13 heavy (non-hydrogen) atoms. The molecule has 0 aliphatic rings. The van der Waals surface area contributed by atoms with Gasteiger partial charge in [0.25, 0.3) is 6.43 Å². The third kappa shape index (κ3) is 2.64. The summed E-state index contributed by atoms with van der Waals surface area (Å²) in [6, 6.07) is 4.07. The van der Waals surface area contributed by atoms with Crippen molar-refractivity contribution in [1.82, 2.24) is 0 Å². The van der Waals surface area contributed by atoms with Crippen LogP contribution in [0.1, 0.15) is 17.6 Å². The van der Waals surface area contributed by atoms with E-state index in [0.29, 0.717) is 12.0 Å². The molecular weight excluding hydrogens is 198 g/mol. The fourth-order valence-electron chi connectivity index (χ4n) is 1.02. The summed E-state index contributed by atoms with van der Waals surface area (Å²) in [6.45, 7) is -0.0340. The quantitative estimate of drug-likeness (QED) is 0.807. The predicted molar refractivity (Wildman–Crippen MR) is 47.2 cm³/mol. The Morgan fingerprint density at radius 3 is 2.54 bits per heavy atom. The smallest absolute Gasteiger partial charge is 0.263 e. The van der Waals surface area contributed by atoms with Crippen LogP contribution in [-0.4, -0.2) is 11.7 Å². The Morgan fingerprint density at radius 1 is 1.38 bits per heavy atom. The van der Waals surface area contributed by atoms with Crippen molar-refractivity contribution in [2.45, 2.75) is 12.8 Å². The predicted octanol–water partition coefficient (Wildman–Crippen LogP) is 2.81. The van der Waals surface area contributed by atoms with Crippen molar-refractivity contribution in [2.24, 2.45) is 0 Å². The Hall–Kier alpha value is -0.670. The van der Waals surface area contributed by atoms with Crippen molar-refractivity contribution in [3.63, 3.8) is 0 Å². The number of benzene rings is 1. The van der Waals surface area contributed by atoms with Gasteiger partial charge in [-0.1, -0.05) is 23.7 Å². The maximum Gasteiger partial charge on any atom is 0.263 e. The van der Waals surface area contributed by atoms with E-state index in [0.717, 1.165) is 0 Å². The van der Waals surface area contributed by atoms with Crippen LogP contribution in [0.3, 0.4) is 0 Å². The summed E-state index contributed by atoms with van der Waals surface area (Å²) >= 11 is 5.71. The zero-order valence-corrected chi connectivity index (χ0v) is 7.56. The van der Waals surface area contributed by atoms with E-state index in [-0.39, 0.29) is 17.2 Å². The van der Waals surface area contributed by atoms with Crippen LogP contribution in [0.4, 0.5) is 8.78 Å². The normalized spacial score (nSPS) is 10.8. The van der Waals surface area contributed by atoms with Crippen LogP contribution in [0.5, 0.6) is 0 Å². The minimum Gasteiger partial charge on any atom is -0.396 e. The number of hydrogen-bond acceptors (Lipinski definition) is 1. The first-order valence-electron chi connectivity index (χ1n) is 3.82. The second kappa shape index (κ2) is 4.53. The Balaban J connectivity index is 2.92. The molecule has 0 fully saturated rings. The molecule has 1 nitrogen and oxygen atoms in total. The first-order chi connectivity index (χ1) is 6.15. The molecule has 0 aliphatic heterocycles. The van der Waals surface area contributed by atoms with E-state index in [1.807, 2.05) is 0 Å². The van der Waals surface area contributed by atoms with E-state index >= 15 is 0 Å². The van der Waals surface area contributed by atoms with E-state index in [1.165, 1.54) is 18.2 Å². The average molecular weight is 207 g/mol. The van der Waals surface area contributed by atoms with E-state index in [4.69, 9.17) is 16.7 Å². The number of alkyl halides is 2. The number of hydrogen-bond donors (Lipinski definition) is 1. The van der Waals surface area contributed by atoms with Crippen LogP contribution in [0.2, 0.25) is 5.02 Å². The van der Waals surface area contributed by atoms with Crippen LogP contribution in [0.15, 0.2) is 18.2 Å². The van der Waals surface area contributed by atoms with Gasteiger partial charge in [-0.05, 0) is 18.1 Å². The van der Waals surface area contributed by atoms with Gasteiger partial charge < -0.3 is 5.11 Å². The Bertz CT molecular complexity index is 289. The molecule has 0 saturated carbocycles. The molecule has 1 aromatic carbocycles. The van der Waals surface area contributed by atoms with E-state index < -0.39 is 6.43 Å². The van der Waals surface area contributed by atoms with Gasteiger partial charge in [0.15, 0.2) is 0 Å². The third-order valence-electron chi connectivity index (χ3n) is 1.71. The molecule has 0 heterocycles. The van der Waals surface area contributed by atoms with E-state index in [2.05, 4.69) is 0 Å². The fraction of sp³-hybridized carbons (Fsp3) is 0.333. The lowest BCUT2D eigenvalue weighted by molar-refractivity contribution is 0.151. The van der Waals surface area contributed by atoms with Gasteiger partial charge in [-0.15, -0.1) is 0 Å². The summed E-state index contributed by atoms with van der Waals surface area (Å²) in [5.41, 5.74) is 0.597. The van der Waals surface area contributed by atoms with E-state index in [9.17, 15) is 8.78 Å². The first-order valence-corrected chi connectivity index (χ1v) is 4.20. The maximum absolute atomic E-state index is 12.2. The Morgan fingerprint density at radius 2 is 2.08 bits per heavy atom. The molecule has 72 valence electrons. The molecule has 0 spiro atoms. The SMILES string of the molecule is OCCc1ccc(C(F)F)cc1Cl. The lowest BCUT2D eigenvalue weighted by atomic mass is 10.1. The second-order valence-electron chi connectivity index (χ2n) is 2.63. The summed E-state index contributed by atoms with van der Waals surface area (Å²) in [4.78, 5) is 0. The van der Waals surface area contributed by atoms with Gasteiger partial charge in [0, 0.05) is 17.2 Å². The topological polar surface area (TPSA) is 20.2 Å². The number of aliphatic hydroxyl groups is 1. The highest BCUT2D eigenvalue weighted by Gasteiger charge is 2.08. The van der Waals surface area contributed by atoms with Crippen LogP contribution in [-0.2, 0) is 6.42 Å². The first kappa shape index (κ1) is 10.4. The van der Waals surface area contributed by atoms with Gasteiger partial charge in [0.05, 0.1) is 0 Å². The van der Waals surface area contributed by atoms with Crippen LogP contribution in [0.25, 0.3) is 0 Å². The highest BCUT2D eigenvalue weighted by Crippen LogP contribution is 2.24. The number of rotatable bonds is 3. The van der Waals surface area contributed by atoms with Crippen molar-refractivity contribution >= 4 is 11.6 Å². The molecule has 1 rings (SSSR count). The largest absolute Gasteiger partial charge is 0.396 e. The maximum atomic E-state index is 12.2. The van der Waals surface area contributed by atoms with Gasteiger partial charge in [-0.3, -0.25) is 0 Å². The lowest BCUT2D eigenvalue weighted by Crippen LogP contribution is -1.93. The summed E-state index contributed by atoms with van der Waals surface area (Å²) in [5.74, 6) is 0. The van der Waals surface area contributed by atoms with Crippen LogP contribution >= 0.6 is 11.6 Å². The van der Waals surface area contributed by atoms with Gasteiger partial charge in [0.2, 0.25) is 0 Å². The van der Waals surface area contributed by atoms with Crippen LogP contribution < -0.4 is 0 Å². The van der Waals surface area contributed by atoms with Crippen LogP contribution in [0, 0.1) is 0 Å². The average Bonchev–Trinajstić information content (AvgIpc) is 2.08. The molecule has 0 aromatic heterocycles. The fourth-order valence-corrected chi connectivity index (χ4v) is 1.31. The molecular formula is C9H9ClF2O.